The van der Waals surface area contributed by atoms with E-state index in [1.165, 1.54) is 5.56 Å². The van der Waals surface area contributed by atoms with E-state index in [9.17, 15) is 0 Å². The van der Waals surface area contributed by atoms with Crippen molar-refractivity contribution in [3.05, 3.63) is 63.6 Å². The Kier molecular flexibility index (Phi) is 5.55. The zero-order valence-electron chi connectivity index (χ0n) is 12.7. The van der Waals surface area contributed by atoms with Crippen molar-refractivity contribution >= 4 is 28.9 Å². The van der Waals surface area contributed by atoms with Crippen molar-refractivity contribution in [1.82, 2.24) is 0 Å². The van der Waals surface area contributed by atoms with Crippen molar-refractivity contribution < 1.29 is 0 Å². The number of hydrogen-bond donors (Lipinski definition) is 1. The zero-order chi connectivity index (χ0) is 15.4. The molecule has 0 amide bonds. The molecule has 21 heavy (non-hydrogen) atoms. The van der Waals surface area contributed by atoms with Crippen molar-refractivity contribution in [2.75, 3.05) is 5.32 Å². The number of halogens is 2. The third kappa shape index (κ3) is 3.93. The van der Waals surface area contributed by atoms with E-state index in [0.29, 0.717) is 16.0 Å². The van der Waals surface area contributed by atoms with Gasteiger partial charge in [-0.25, -0.2) is 0 Å². The van der Waals surface area contributed by atoms with Gasteiger partial charge >= 0.3 is 0 Å². The molecule has 0 spiro atoms. The largest absolute Gasteiger partial charge is 0.378 e. The van der Waals surface area contributed by atoms with Crippen molar-refractivity contribution in [3.8, 4) is 0 Å². The van der Waals surface area contributed by atoms with Crippen molar-refractivity contribution in [2.24, 2.45) is 0 Å². The highest BCUT2D eigenvalue weighted by atomic mass is 35.5. The summed E-state index contributed by atoms with van der Waals surface area (Å²) in [6.07, 6.45) is 1.15. The molecule has 2 aromatic rings. The third-order valence-corrected chi connectivity index (χ3v) is 4.76. The number of benzene rings is 2. The smallest absolute Gasteiger partial charge is 0.0644 e. The number of hydrogen-bond acceptors (Lipinski definition) is 1. The fraction of sp³-hybridized carbons (Fsp3) is 0.333. The molecule has 2 aromatic carbocycles. The molecule has 0 bridgehead atoms. The van der Waals surface area contributed by atoms with E-state index in [1.54, 1.807) is 6.07 Å². The summed E-state index contributed by atoms with van der Waals surface area (Å²) in [5, 5.41) is 4.68. The lowest BCUT2D eigenvalue weighted by molar-refractivity contribution is 0.733. The van der Waals surface area contributed by atoms with Gasteiger partial charge in [-0.05, 0) is 48.6 Å². The van der Waals surface area contributed by atoms with Crippen molar-refractivity contribution in [2.45, 2.75) is 39.2 Å². The van der Waals surface area contributed by atoms with Gasteiger partial charge in [-0.15, -0.1) is 0 Å². The molecule has 112 valence electrons. The summed E-state index contributed by atoms with van der Waals surface area (Å²) in [6.45, 7) is 6.54. The maximum absolute atomic E-state index is 6.27. The van der Waals surface area contributed by atoms with Gasteiger partial charge in [0.1, 0.15) is 0 Å². The van der Waals surface area contributed by atoms with Gasteiger partial charge < -0.3 is 5.32 Å². The lowest BCUT2D eigenvalue weighted by atomic mass is 9.98. The standard InChI is InChI=1S/C18H21Cl2N/c1-4-12(2)14-8-10-15(11-9-14)21-13(3)16-6-5-7-17(19)18(16)20/h5-13,21H,4H2,1-3H3. The first-order valence-corrected chi connectivity index (χ1v) is 8.09. The summed E-state index contributed by atoms with van der Waals surface area (Å²) in [5.74, 6) is 0.596. The van der Waals surface area contributed by atoms with E-state index < -0.39 is 0 Å². The van der Waals surface area contributed by atoms with Crippen LogP contribution in [-0.4, -0.2) is 0 Å². The van der Waals surface area contributed by atoms with Gasteiger partial charge in [-0.2, -0.15) is 0 Å². The Morgan fingerprint density at radius 3 is 2.29 bits per heavy atom. The van der Waals surface area contributed by atoms with E-state index >= 15 is 0 Å². The molecule has 0 fully saturated rings. The second-order valence-electron chi connectivity index (χ2n) is 5.44. The van der Waals surface area contributed by atoms with Gasteiger partial charge in [0, 0.05) is 5.69 Å². The average Bonchev–Trinajstić information content (AvgIpc) is 2.50. The minimum absolute atomic E-state index is 0.102. The molecule has 0 aliphatic heterocycles. The van der Waals surface area contributed by atoms with Gasteiger partial charge in [0.25, 0.3) is 0 Å². The van der Waals surface area contributed by atoms with Crippen LogP contribution in [0.3, 0.4) is 0 Å². The second kappa shape index (κ2) is 7.20. The molecule has 0 saturated carbocycles. The summed E-state index contributed by atoms with van der Waals surface area (Å²) in [6, 6.07) is 14.4. The highest BCUT2D eigenvalue weighted by Gasteiger charge is 2.12. The first kappa shape index (κ1) is 16.2. The molecule has 0 radical (unpaired) electrons. The van der Waals surface area contributed by atoms with Gasteiger partial charge in [-0.3, -0.25) is 0 Å². The van der Waals surface area contributed by atoms with Gasteiger partial charge in [0.15, 0.2) is 0 Å². The molecule has 3 heteroatoms. The second-order valence-corrected chi connectivity index (χ2v) is 6.23. The number of rotatable bonds is 5. The predicted molar refractivity (Wildman–Crippen MR) is 93.6 cm³/mol. The number of nitrogens with one attached hydrogen (secondary N) is 1. The normalized spacial score (nSPS) is 13.8. The Balaban J connectivity index is 2.12. The highest BCUT2D eigenvalue weighted by Crippen LogP contribution is 2.31. The molecular weight excluding hydrogens is 301 g/mol. The van der Waals surface area contributed by atoms with Crippen LogP contribution in [0.1, 0.15) is 50.3 Å². The van der Waals surface area contributed by atoms with Gasteiger partial charge in [0.2, 0.25) is 0 Å². The Morgan fingerprint density at radius 2 is 1.67 bits per heavy atom. The first-order valence-electron chi connectivity index (χ1n) is 7.33. The topological polar surface area (TPSA) is 12.0 Å². The first-order chi connectivity index (χ1) is 10.0. The van der Waals surface area contributed by atoms with Crippen LogP contribution >= 0.6 is 23.2 Å². The van der Waals surface area contributed by atoms with E-state index in [2.05, 4.69) is 50.4 Å². The van der Waals surface area contributed by atoms with E-state index in [0.717, 1.165) is 17.7 Å². The zero-order valence-corrected chi connectivity index (χ0v) is 14.2. The maximum Gasteiger partial charge on any atom is 0.0644 e. The summed E-state index contributed by atoms with van der Waals surface area (Å²) in [7, 11) is 0. The van der Waals surface area contributed by atoms with E-state index in [-0.39, 0.29) is 6.04 Å². The molecule has 1 N–H and O–H groups in total. The van der Waals surface area contributed by atoms with Crippen LogP contribution < -0.4 is 5.32 Å². The molecule has 2 rings (SSSR count). The Labute approximate surface area is 137 Å². The lowest BCUT2D eigenvalue weighted by Gasteiger charge is -2.18. The van der Waals surface area contributed by atoms with Gasteiger partial charge in [0.05, 0.1) is 16.1 Å². The maximum atomic E-state index is 6.27. The van der Waals surface area contributed by atoms with Crippen LogP contribution in [0.2, 0.25) is 10.0 Å². The molecule has 0 aliphatic rings. The minimum atomic E-state index is 0.102. The Morgan fingerprint density at radius 1 is 1.00 bits per heavy atom. The molecule has 1 nitrogen and oxygen atoms in total. The Hall–Kier alpha value is -1.18. The fourth-order valence-electron chi connectivity index (χ4n) is 2.33. The summed E-state index contributed by atoms with van der Waals surface area (Å²) >= 11 is 12.3. The molecule has 0 aliphatic carbocycles. The molecule has 0 saturated heterocycles. The molecule has 0 aromatic heterocycles. The third-order valence-electron chi connectivity index (χ3n) is 3.92. The monoisotopic (exact) mass is 321 g/mol. The minimum Gasteiger partial charge on any atom is -0.378 e. The van der Waals surface area contributed by atoms with Crippen molar-refractivity contribution in [1.29, 1.82) is 0 Å². The molecule has 0 heterocycles. The fourth-order valence-corrected chi connectivity index (χ4v) is 2.80. The van der Waals surface area contributed by atoms with Crippen LogP contribution in [0.5, 0.6) is 0 Å². The number of anilines is 1. The van der Waals surface area contributed by atoms with Crippen LogP contribution in [0.25, 0.3) is 0 Å². The van der Waals surface area contributed by atoms with Crippen molar-refractivity contribution in [3.63, 3.8) is 0 Å². The highest BCUT2D eigenvalue weighted by molar-refractivity contribution is 6.42. The summed E-state index contributed by atoms with van der Waals surface area (Å²) < 4.78 is 0. The van der Waals surface area contributed by atoms with E-state index in [4.69, 9.17) is 23.2 Å². The summed E-state index contributed by atoms with van der Waals surface area (Å²) in [4.78, 5) is 0. The molecule has 2 atom stereocenters. The molecule has 2 unspecified atom stereocenters. The van der Waals surface area contributed by atoms with Crippen LogP contribution in [-0.2, 0) is 0 Å². The Bertz CT molecular complexity index is 593. The van der Waals surface area contributed by atoms with Gasteiger partial charge in [-0.1, -0.05) is 61.3 Å². The summed E-state index contributed by atoms with van der Waals surface area (Å²) in [5.41, 5.74) is 3.47. The van der Waals surface area contributed by atoms with Crippen LogP contribution in [0, 0.1) is 0 Å². The lowest BCUT2D eigenvalue weighted by Crippen LogP contribution is -2.07. The quantitative estimate of drug-likeness (QED) is 0.647. The van der Waals surface area contributed by atoms with Crippen LogP contribution in [0.15, 0.2) is 42.5 Å². The SMILES string of the molecule is CCC(C)c1ccc(NC(C)c2cccc(Cl)c2Cl)cc1. The van der Waals surface area contributed by atoms with E-state index in [1.807, 2.05) is 12.1 Å². The van der Waals surface area contributed by atoms with Crippen LogP contribution in [0.4, 0.5) is 5.69 Å². The average molecular weight is 322 g/mol. The molecular formula is C18H21Cl2N. The predicted octanol–water partition coefficient (Wildman–Crippen LogP) is 6.68.